The maximum Gasteiger partial charge on any atom is 0.304 e. The predicted octanol–water partition coefficient (Wildman–Crippen LogP) is 0.709. The molecule has 0 aromatic heterocycles. The SMILES string of the molecule is CCN1C(CN)CN(c2ccccc2C)S1(=O)=O. The van der Waals surface area contributed by atoms with Crippen LogP contribution < -0.4 is 10.0 Å². The van der Waals surface area contributed by atoms with Crippen LogP contribution in [0.3, 0.4) is 0 Å². The second-order valence-corrected chi connectivity index (χ2v) is 6.22. The number of hydrogen-bond acceptors (Lipinski definition) is 3. The Balaban J connectivity index is 2.45. The minimum atomic E-state index is -3.43. The van der Waals surface area contributed by atoms with Gasteiger partial charge in [0.15, 0.2) is 0 Å². The van der Waals surface area contributed by atoms with E-state index in [1.165, 1.54) is 8.61 Å². The molecule has 0 spiro atoms. The molecule has 1 heterocycles. The summed E-state index contributed by atoms with van der Waals surface area (Å²) in [5.74, 6) is 0. The molecule has 2 rings (SSSR count). The van der Waals surface area contributed by atoms with Crippen molar-refractivity contribution in [3.8, 4) is 0 Å². The zero-order valence-corrected chi connectivity index (χ0v) is 11.5. The lowest BCUT2D eigenvalue weighted by molar-refractivity contribution is 0.375. The molecular weight excluding hydrogens is 250 g/mol. The van der Waals surface area contributed by atoms with Crippen LogP contribution in [0.1, 0.15) is 12.5 Å². The standard InChI is InChI=1S/C12H19N3O2S/c1-3-14-11(8-13)9-15(18(14,16)17)12-7-5-4-6-10(12)2/h4-7,11H,3,8-9,13H2,1-2H3. The maximum absolute atomic E-state index is 12.4. The van der Waals surface area contributed by atoms with Gasteiger partial charge in [-0.05, 0) is 18.6 Å². The maximum atomic E-state index is 12.4. The molecule has 0 aliphatic carbocycles. The molecule has 1 unspecified atom stereocenters. The van der Waals surface area contributed by atoms with Gasteiger partial charge >= 0.3 is 10.2 Å². The van der Waals surface area contributed by atoms with Gasteiger partial charge in [-0.15, -0.1) is 0 Å². The first kappa shape index (κ1) is 13.3. The molecule has 18 heavy (non-hydrogen) atoms. The smallest absolute Gasteiger partial charge is 0.304 e. The Labute approximate surface area is 108 Å². The molecule has 6 heteroatoms. The summed E-state index contributed by atoms with van der Waals surface area (Å²) in [5, 5.41) is 0. The van der Waals surface area contributed by atoms with Crippen LogP contribution in [0.25, 0.3) is 0 Å². The summed E-state index contributed by atoms with van der Waals surface area (Å²) in [6.45, 7) is 4.97. The number of hydrogen-bond donors (Lipinski definition) is 1. The monoisotopic (exact) mass is 269 g/mol. The van der Waals surface area contributed by atoms with Gasteiger partial charge in [-0.3, -0.25) is 4.31 Å². The average Bonchev–Trinajstić information content (AvgIpc) is 2.60. The first-order chi connectivity index (χ1) is 8.52. The minimum absolute atomic E-state index is 0.139. The Morgan fingerprint density at radius 1 is 1.39 bits per heavy atom. The largest absolute Gasteiger partial charge is 0.329 e. The van der Waals surface area contributed by atoms with E-state index in [0.29, 0.717) is 19.6 Å². The fraction of sp³-hybridized carbons (Fsp3) is 0.500. The highest BCUT2D eigenvalue weighted by Crippen LogP contribution is 2.30. The van der Waals surface area contributed by atoms with Crippen LogP contribution in [0, 0.1) is 6.92 Å². The van der Waals surface area contributed by atoms with Crippen molar-refractivity contribution >= 4 is 15.9 Å². The van der Waals surface area contributed by atoms with Crippen molar-refractivity contribution < 1.29 is 8.42 Å². The normalized spacial score (nSPS) is 23.5. The van der Waals surface area contributed by atoms with Gasteiger partial charge in [0.05, 0.1) is 18.3 Å². The number of anilines is 1. The van der Waals surface area contributed by atoms with Crippen molar-refractivity contribution in [1.29, 1.82) is 0 Å². The molecule has 1 aliphatic rings. The van der Waals surface area contributed by atoms with Crippen LogP contribution in [-0.4, -0.2) is 38.4 Å². The fourth-order valence-corrected chi connectivity index (χ4v) is 4.29. The van der Waals surface area contributed by atoms with Crippen LogP contribution in [0.5, 0.6) is 0 Å². The highest BCUT2D eigenvalue weighted by molar-refractivity contribution is 7.90. The summed E-state index contributed by atoms with van der Waals surface area (Å²) < 4.78 is 27.8. The molecule has 1 atom stereocenters. The van der Waals surface area contributed by atoms with Gasteiger partial charge in [-0.2, -0.15) is 12.7 Å². The number of rotatable bonds is 3. The third-order valence-corrected chi connectivity index (χ3v) is 5.38. The lowest BCUT2D eigenvalue weighted by Gasteiger charge is -2.21. The lowest BCUT2D eigenvalue weighted by Crippen LogP contribution is -2.39. The second-order valence-electron chi connectivity index (χ2n) is 4.42. The zero-order chi connectivity index (χ0) is 13.3. The van der Waals surface area contributed by atoms with E-state index in [4.69, 9.17) is 5.73 Å². The Bertz CT molecular complexity index is 530. The number of nitrogens with two attached hydrogens (primary N) is 1. The average molecular weight is 269 g/mol. The van der Waals surface area contributed by atoms with Gasteiger partial charge in [-0.1, -0.05) is 25.1 Å². The third-order valence-electron chi connectivity index (χ3n) is 3.33. The van der Waals surface area contributed by atoms with Crippen molar-refractivity contribution in [1.82, 2.24) is 4.31 Å². The molecule has 1 aromatic carbocycles. The van der Waals surface area contributed by atoms with E-state index in [2.05, 4.69) is 0 Å². The second kappa shape index (κ2) is 4.87. The Hall–Kier alpha value is -1.11. The van der Waals surface area contributed by atoms with Gasteiger partial charge in [0.1, 0.15) is 0 Å². The van der Waals surface area contributed by atoms with E-state index in [-0.39, 0.29) is 6.04 Å². The van der Waals surface area contributed by atoms with Crippen molar-refractivity contribution in [2.75, 3.05) is 23.9 Å². The summed E-state index contributed by atoms with van der Waals surface area (Å²) in [7, 11) is -3.43. The Morgan fingerprint density at radius 2 is 2.06 bits per heavy atom. The molecule has 100 valence electrons. The number of likely N-dealkylation sites (N-methyl/N-ethyl adjacent to an activating group) is 1. The first-order valence-corrected chi connectivity index (χ1v) is 7.47. The summed E-state index contributed by atoms with van der Waals surface area (Å²) in [5.41, 5.74) is 7.36. The highest BCUT2D eigenvalue weighted by atomic mass is 32.2. The van der Waals surface area contributed by atoms with E-state index in [1.807, 2.05) is 38.1 Å². The number of benzene rings is 1. The molecule has 1 aromatic rings. The molecule has 0 radical (unpaired) electrons. The van der Waals surface area contributed by atoms with Gasteiger partial charge < -0.3 is 5.73 Å². The minimum Gasteiger partial charge on any atom is -0.329 e. The molecule has 5 nitrogen and oxygen atoms in total. The van der Waals surface area contributed by atoms with E-state index in [9.17, 15) is 8.42 Å². The van der Waals surface area contributed by atoms with Crippen molar-refractivity contribution in [3.63, 3.8) is 0 Å². The molecular formula is C12H19N3O2S. The van der Waals surface area contributed by atoms with Crippen LogP contribution >= 0.6 is 0 Å². The first-order valence-electron chi connectivity index (χ1n) is 6.07. The molecule has 1 saturated heterocycles. The van der Waals surface area contributed by atoms with Crippen molar-refractivity contribution in [3.05, 3.63) is 29.8 Å². The molecule has 0 saturated carbocycles. The van der Waals surface area contributed by atoms with Gasteiger partial charge in [0, 0.05) is 13.1 Å². The molecule has 1 aliphatic heterocycles. The Kier molecular flexibility index (Phi) is 3.61. The predicted molar refractivity (Wildman–Crippen MR) is 72.7 cm³/mol. The van der Waals surface area contributed by atoms with E-state index < -0.39 is 10.2 Å². The van der Waals surface area contributed by atoms with Crippen LogP contribution in [0.2, 0.25) is 0 Å². The fourth-order valence-electron chi connectivity index (χ4n) is 2.37. The number of nitrogens with zero attached hydrogens (tertiary/aromatic N) is 2. The van der Waals surface area contributed by atoms with Crippen molar-refractivity contribution in [2.24, 2.45) is 5.73 Å². The molecule has 0 bridgehead atoms. The van der Waals surface area contributed by atoms with E-state index >= 15 is 0 Å². The topological polar surface area (TPSA) is 66.6 Å². The third kappa shape index (κ3) is 2.00. The van der Waals surface area contributed by atoms with E-state index in [0.717, 1.165) is 11.3 Å². The summed E-state index contributed by atoms with van der Waals surface area (Å²) in [6, 6.07) is 7.36. The van der Waals surface area contributed by atoms with Gasteiger partial charge in [-0.25, -0.2) is 0 Å². The van der Waals surface area contributed by atoms with Crippen LogP contribution in [-0.2, 0) is 10.2 Å². The van der Waals surface area contributed by atoms with Gasteiger partial charge in [0.2, 0.25) is 0 Å². The summed E-state index contributed by atoms with van der Waals surface area (Å²) in [6.07, 6.45) is 0. The van der Waals surface area contributed by atoms with Crippen molar-refractivity contribution in [2.45, 2.75) is 19.9 Å². The van der Waals surface area contributed by atoms with E-state index in [1.54, 1.807) is 0 Å². The zero-order valence-electron chi connectivity index (χ0n) is 10.7. The van der Waals surface area contributed by atoms with Crippen LogP contribution in [0.4, 0.5) is 5.69 Å². The number of aryl methyl sites for hydroxylation is 1. The van der Waals surface area contributed by atoms with Crippen LogP contribution in [0.15, 0.2) is 24.3 Å². The summed E-state index contributed by atoms with van der Waals surface area (Å²) >= 11 is 0. The molecule has 2 N–H and O–H groups in total. The highest BCUT2D eigenvalue weighted by Gasteiger charge is 2.42. The van der Waals surface area contributed by atoms with Gasteiger partial charge in [0.25, 0.3) is 0 Å². The number of para-hydroxylation sites is 1. The lowest BCUT2D eigenvalue weighted by atomic mass is 10.2. The summed E-state index contributed by atoms with van der Waals surface area (Å²) in [4.78, 5) is 0. The Morgan fingerprint density at radius 3 is 2.56 bits per heavy atom. The quantitative estimate of drug-likeness (QED) is 0.878. The molecule has 0 amide bonds. The molecule has 1 fully saturated rings.